The summed E-state index contributed by atoms with van der Waals surface area (Å²) in [5.74, 6) is 0. The third-order valence-corrected chi connectivity index (χ3v) is 2.29. The van der Waals surface area contributed by atoms with E-state index in [9.17, 15) is 0 Å². The van der Waals surface area contributed by atoms with Gasteiger partial charge in [-0.2, -0.15) is 5.10 Å². The molecule has 1 aromatic heterocycles. The van der Waals surface area contributed by atoms with Gasteiger partial charge in [0.15, 0.2) is 5.15 Å². The Balaban J connectivity index is 1.97. The highest BCUT2D eigenvalue weighted by Gasteiger charge is 1.95. The first-order chi connectivity index (χ1) is 8.33. The summed E-state index contributed by atoms with van der Waals surface area (Å²) in [4.78, 5) is 0. The van der Waals surface area contributed by atoms with Crippen LogP contribution in [0, 0.1) is 0 Å². The molecule has 0 amide bonds. The second-order valence-electron chi connectivity index (χ2n) is 3.51. The first-order valence-electron chi connectivity index (χ1n) is 5.61. The second-order valence-corrected chi connectivity index (χ2v) is 3.89. The lowest BCUT2D eigenvalue weighted by Gasteiger charge is -2.06. The summed E-state index contributed by atoms with van der Waals surface area (Å²) in [6, 6.07) is 1.75. The summed E-state index contributed by atoms with van der Waals surface area (Å²) < 4.78 is 10.2. The Morgan fingerprint density at radius 3 is 2.94 bits per heavy atom. The molecule has 0 aromatic carbocycles. The summed E-state index contributed by atoms with van der Waals surface area (Å²) in [6.07, 6.45) is 3.71. The van der Waals surface area contributed by atoms with Crippen LogP contribution in [0.2, 0.25) is 5.15 Å². The lowest BCUT2D eigenvalue weighted by molar-refractivity contribution is 0.0691. The molecule has 1 aromatic rings. The second kappa shape index (κ2) is 9.15. The van der Waals surface area contributed by atoms with Crippen molar-refractivity contribution in [2.75, 3.05) is 38.8 Å². The molecule has 6 heteroatoms. The van der Waals surface area contributed by atoms with Gasteiger partial charge in [-0.3, -0.25) is 0 Å². The van der Waals surface area contributed by atoms with Crippen molar-refractivity contribution in [1.29, 1.82) is 0 Å². The van der Waals surface area contributed by atoms with Gasteiger partial charge in [-0.15, -0.1) is 5.10 Å². The van der Waals surface area contributed by atoms with Gasteiger partial charge in [0, 0.05) is 26.3 Å². The molecule has 0 bridgehead atoms. The molecule has 5 nitrogen and oxygen atoms in total. The Morgan fingerprint density at radius 1 is 1.29 bits per heavy atom. The van der Waals surface area contributed by atoms with Gasteiger partial charge in [-0.1, -0.05) is 11.6 Å². The number of halogens is 1. The van der Waals surface area contributed by atoms with Gasteiger partial charge in [-0.05, 0) is 12.8 Å². The molecule has 0 unspecified atom stereocenters. The molecule has 0 saturated heterocycles. The zero-order chi connectivity index (χ0) is 12.3. The van der Waals surface area contributed by atoms with Crippen molar-refractivity contribution >= 4 is 17.3 Å². The van der Waals surface area contributed by atoms with Crippen LogP contribution in [-0.4, -0.2) is 43.7 Å². The number of hydrogen-bond acceptors (Lipinski definition) is 5. The molecule has 0 aliphatic rings. The molecule has 0 saturated carbocycles. The third-order valence-electron chi connectivity index (χ3n) is 2.10. The van der Waals surface area contributed by atoms with Crippen LogP contribution in [0.3, 0.4) is 0 Å². The number of aromatic nitrogens is 2. The maximum atomic E-state index is 5.71. The normalized spacial score (nSPS) is 10.5. The summed E-state index contributed by atoms with van der Waals surface area (Å²) in [7, 11) is 1.67. The summed E-state index contributed by atoms with van der Waals surface area (Å²) >= 11 is 5.71. The number of methoxy groups -OCH3 is 1. The average Bonchev–Trinajstić information content (AvgIpc) is 2.33. The van der Waals surface area contributed by atoms with Crippen LogP contribution in [0.5, 0.6) is 0 Å². The molecule has 1 heterocycles. The van der Waals surface area contributed by atoms with Crippen molar-refractivity contribution in [2.24, 2.45) is 0 Å². The fourth-order valence-corrected chi connectivity index (χ4v) is 1.40. The van der Waals surface area contributed by atoms with Crippen LogP contribution in [0.25, 0.3) is 0 Å². The molecule has 96 valence electrons. The Bertz CT molecular complexity index is 313. The molecule has 0 aliphatic carbocycles. The van der Waals surface area contributed by atoms with Gasteiger partial charge in [0.1, 0.15) is 0 Å². The van der Waals surface area contributed by atoms with E-state index in [1.54, 1.807) is 19.4 Å². The summed E-state index contributed by atoms with van der Waals surface area (Å²) in [5.41, 5.74) is 0.894. The van der Waals surface area contributed by atoms with Gasteiger partial charge in [0.05, 0.1) is 25.1 Å². The fourth-order valence-electron chi connectivity index (χ4n) is 1.24. The predicted octanol–water partition coefficient (Wildman–Crippen LogP) is 1.99. The minimum absolute atomic E-state index is 0.401. The molecule has 0 aliphatic heterocycles. The van der Waals surface area contributed by atoms with Crippen molar-refractivity contribution in [3.05, 3.63) is 17.4 Å². The van der Waals surface area contributed by atoms with Crippen LogP contribution in [0.15, 0.2) is 12.3 Å². The van der Waals surface area contributed by atoms with E-state index in [1.807, 2.05) is 0 Å². The van der Waals surface area contributed by atoms with E-state index in [0.717, 1.165) is 31.7 Å². The maximum absolute atomic E-state index is 5.71. The Kier molecular flexibility index (Phi) is 7.62. The van der Waals surface area contributed by atoms with Crippen LogP contribution in [0.4, 0.5) is 5.69 Å². The number of hydrogen-bond donors (Lipinski definition) is 1. The van der Waals surface area contributed by atoms with Crippen LogP contribution < -0.4 is 5.32 Å². The highest BCUT2D eigenvalue weighted by molar-refractivity contribution is 6.29. The largest absolute Gasteiger partial charge is 0.384 e. The highest BCUT2D eigenvalue weighted by atomic mass is 35.5. The SMILES string of the molecule is COCCOCCCCNc1cnnc(Cl)c1. The average molecular weight is 260 g/mol. The molecule has 17 heavy (non-hydrogen) atoms. The van der Waals surface area contributed by atoms with Gasteiger partial charge in [-0.25, -0.2) is 0 Å². The van der Waals surface area contributed by atoms with E-state index >= 15 is 0 Å². The fraction of sp³-hybridized carbons (Fsp3) is 0.636. The van der Waals surface area contributed by atoms with Crippen LogP contribution >= 0.6 is 11.6 Å². The molecule has 1 N–H and O–H groups in total. The zero-order valence-electron chi connectivity index (χ0n) is 9.99. The van der Waals surface area contributed by atoms with E-state index < -0.39 is 0 Å². The minimum atomic E-state index is 0.401. The standard InChI is InChI=1S/C11H18ClN3O2/c1-16-6-7-17-5-3-2-4-13-10-8-11(12)15-14-9-10/h8-9H,2-7H2,1H3,(H,13,15). The van der Waals surface area contributed by atoms with Crippen molar-refractivity contribution in [3.63, 3.8) is 0 Å². The highest BCUT2D eigenvalue weighted by Crippen LogP contribution is 2.09. The van der Waals surface area contributed by atoms with E-state index in [4.69, 9.17) is 21.1 Å². The third kappa shape index (κ3) is 7.10. The first kappa shape index (κ1) is 14.2. The molecule has 1 rings (SSSR count). The number of unbranched alkanes of at least 4 members (excludes halogenated alkanes) is 1. The Hall–Kier alpha value is -0.910. The molecular formula is C11H18ClN3O2. The van der Waals surface area contributed by atoms with E-state index in [2.05, 4.69) is 15.5 Å². The lowest BCUT2D eigenvalue weighted by Crippen LogP contribution is -2.06. The first-order valence-corrected chi connectivity index (χ1v) is 5.99. The number of rotatable bonds is 9. The molecule has 0 atom stereocenters. The topological polar surface area (TPSA) is 56.3 Å². The zero-order valence-corrected chi connectivity index (χ0v) is 10.7. The summed E-state index contributed by atoms with van der Waals surface area (Å²) in [5, 5.41) is 11.0. The van der Waals surface area contributed by atoms with Gasteiger partial charge in [0.25, 0.3) is 0 Å². The molecule has 0 radical (unpaired) electrons. The smallest absolute Gasteiger partial charge is 0.153 e. The monoisotopic (exact) mass is 259 g/mol. The van der Waals surface area contributed by atoms with E-state index in [1.165, 1.54) is 0 Å². The van der Waals surface area contributed by atoms with Gasteiger partial charge < -0.3 is 14.8 Å². The number of nitrogens with zero attached hydrogens (tertiary/aromatic N) is 2. The van der Waals surface area contributed by atoms with Crippen molar-refractivity contribution in [2.45, 2.75) is 12.8 Å². The Labute approximate surface area is 106 Å². The number of nitrogens with one attached hydrogen (secondary N) is 1. The van der Waals surface area contributed by atoms with Gasteiger partial charge >= 0.3 is 0 Å². The van der Waals surface area contributed by atoms with Crippen molar-refractivity contribution < 1.29 is 9.47 Å². The number of anilines is 1. The molecule has 0 fully saturated rings. The van der Waals surface area contributed by atoms with Crippen molar-refractivity contribution in [3.8, 4) is 0 Å². The Morgan fingerprint density at radius 2 is 2.18 bits per heavy atom. The van der Waals surface area contributed by atoms with E-state index in [-0.39, 0.29) is 0 Å². The van der Waals surface area contributed by atoms with Crippen LogP contribution in [0.1, 0.15) is 12.8 Å². The quantitative estimate of drug-likeness (QED) is 0.688. The summed E-state index contributed by atoms with van der Waals surface area (Å²) in [6.45, 7) is 2.95. The van der Waals surface area contributed by atoms with Crippen molar-refractivity contribution in [1.82, 2.24) is 10.2 Å². The van der Waals surface area contributed by atoms with E-state index in [0.29, 0.717) is 18.4 Å². The van der Waals surface area contributed by atoms with Crippen LogP contribution in [-0.2, 0) is 9.47 Å². The predicted molar refractivity (Wildman–Crippen MR) is 67.5 cm³/mol. The minimum Gasteiger partial charge on any atom is -0.384 e. The maximum Gasteiger partial charge on any atom is 0.153 e. The molecule has 0 spiro atoms. The number of ether oxygens (including phenoxy) is 2. The van der Waals surface area contributed by atoms with Gasteiger partial charge in [0.2, 0.25) is 0 Å². The lowest BCUT2D eigenvalue weighted by atomic mass is 10.3. The molecular weight excluding hydrogens is 242 g/mol.